The van der Waals surface area contributed by atoms with Crippen molar-refractivity contribution in [2.45, 2.75) is 17.6 Å². The van der Waals surface area contributed by atoms with Crippen molar-refractivity contribution in [1.29, 1.82) is 0 Å². The lowest BCUT2D eigenvalue weighted by molar-refractivity contribution is 0.600. The summed E-state index contributed by atoms with van der Waals surface area (Å²) < 4.78 is 22.5. The van der Waals surface area contributed by atoms with Gasteiger partial charge in [0, 0.05) is 4.88 Å². The topological polar surface area (TPSA) is 60.2 Å². The SMILES string of the molecule is CCc1ccc(-c2ccc(S(N)(=O)=O)s2)cc1. The molecule has 2 rings (SSSR count). The third kappa shape index (κ3) is 2.74. The molecule has 0 saturated heterocycles. The van der Waals surface area contributed by atoms with Crippen LogP contribution >= 0.6 is 11.3 Å². The predicted octanol–water partition coefficient (Wildman–Crippen LogP) is 2.62. The molecule has 2 aromatic rings. The Morgan fingerprint density at radius 2 is 1.76 bits per heavy atom. The van der Waals surface area contributed by atoms with Crippen LogP contribution in [0.3, 0.4) is 0 Å². The smallest absolute Gasteiger partial charge is 0.224 e. The van der Waals surface area contributed by atoms with Crippen molar-refractivity contribution in [2.24, 2.45) is 5.14 Å². The second-order valence-electron chi connectivity index (χ2n) is 3.71. The van der Waals surface area contributed by atoms with Gasteiger partial charge in [-0.05, 0) is 29.7 Å². The number of sulfonamides is 1. The zero-order valence-electron chi connectivity index (χ0n) is 9.38. The van der Waals surface area contributed by atoms with Gasteiger partial charge in [-0.1, -0.05) is 31.2 Å². The highest BCUT2D eigenvalue weighted by Gasteiger charge is 2.11. The summed E-state index contributed by atoms with van der Waals surface area (Å²) in [6.07, 6.45) is 0.993. The first-order valence-corrected chi connectivity index (χ1v) is 7.59. The van der Waals surface area contributed by atoms with E-state index in [4.69, 9.17) is 5.14 Å². The molecule has 1 aromatic carbocycles. The normalized spacial score (nSPS) is 11.6. The van der Waals surface area contributed by atoms with Crippen LogP contribution in [-0.4, -0.2) is 8.42 Å². The highest BCUT2D eigenvalue weighted by atomic mass is 32.2. The number of rotatable bonds is 3. The lowest BCUT2D eigenvalue weighted by atomic mass is 10.1. The number of aryl methyl sites for hydroxylation is 1. The molecule has 0 radical (unpaired) electrons. The van der Waals surface area contributed by atoms with E-state index in [1.54, 1.807) is 12.1 Å². The van der Waals surface area contributed by atoms with E-state index in [1.165, 1.54) is 16.9 Å². The Morgan fingerprint density at radius 1 is 1.12 bits per heavy atom. The summed E-state index contributed by atoms with van der Waals surface area (Å²) in [5, 5.41) is 5.08. The third-order valence-electron chi connectivity index (χ3n) is 2.51. The van der Waals surface area contributed by atoms with Gasteiger partial charge in [-0.2, -0.15) is 0 Å². The molecular weight excluding hydrogens is 254 g/mol. The van der Waals surface area contributed by atoms with Gasteiger partial charge >= 0.3 is 0 Å². The second-order valence-corrected chi connectivity index (χ2v) is 6.59. The van der Waals surface area contributed by atoms with Gasteiger partial charge in [-0.15, -0.1) is 11.3 Å². The molecule has 3 nitrogen and oxygen atoms in total. The van der Waals surface area contributed by atoms with Gasteiger partial charge in [0.15, 0.2) is 0 Å². The van der Waals surface area contributed by atoms with Gasteiger partial charge in [0.2, 0.25) is 10.0 Å². The molecule has 5 heteroatoms. The Balaban J connectivity index is 2.37. The molecule has 1 aromatic heterocycles. The van der Waals surface area contributed by atoms with Gasteiger partial charge < -0.3 is 0 Å². The van der Waals surface area contributed by atoms with Crippen LogP contribution in [0.1, 0.15) is 12.5 Å². The summed E-state index contributed by atoms with van der Waals surface area (Å²) in [7, 11) is -3.58. The molecule has 0 aliphatic carbocycles. The maximum Gasteiger partial charge on any atom is 0.247 e. The standard InChI is InChI=1S/C12H13NO2S2/c1-2-9-3-5-10(6-4-9)11-7-8-12(16-11)17(13,14)15/h3-8H,2H2,1H3,(H2,13,14,15). The molecule has 0 unspecified atom stereocenters. The Bertz CT molecular complexity index is 612. The number of hydrogen-bond donors (Lipinski definition) is 1. The molecule has 0 fully saturated rings. The van der Waals surface area contributed by atoms with E-state index in [-0.39, 0.29) is 4.21 Å². The van der Waals surface area contributed by atoms with E-state index >= 15 is 0 Å². The van der Waals surface area contributed by atoms with Crippen LogP contribution in [0.15, 0.2) is 40.6 Å². The summed E-state index contributed by atoms with van der Waals surface area (Å²) >= 11 is 1.19. The summed E-state index contributed by atoms with van der Waals surface area (Å²) in [5.74, 6) is 0. The first kappa shape index (κ1) is 12.3. The number of nitrogens with two attached hydrogens (primary N) is 1. The Morgan fingerprint density at radius 3 is 2.24 bits per heavy atom. The molecule has 1 heterocycles. The van der Waals surface area contributed by atoms with Gasteiger partial charge in [0.05, 0.1) is 0 Å². The van der Waals surface area contributed by atoms with E-state index < -0.39 is 10.0 Å². The highest BCUT2D eigenvalue weighted by Crippen LogP contribution is 2.30. The average molecular weight is 267 g/mol. The maximum absolute atomic E-state index is 11.2. The Kier molecular flexibility index (Phi) is 3.33. The van der Waals surface area contributed by atoms with E-state index in [2.05, 4.69) is 6.92 Å². The predicted molar refractivity (Wildman–Crippen MR) is 70.5 cm³/mol. The van der Waals surface area contributed by atoms with Gasteiger partial charge in [-0.3, -0.25) is 0 Å². The fourth-order valence-corrected chi connectivity index (χ4v) is 3.27. The van der Waals surface area contributed by atoms with Crippen LogP contribution in [-0.2, 0) is 16.4 Å². The molecule has 0 aliphatic rings. The molecule has 0 atom stereocenters. The van der Waals surface area contributed by atoms with Crippen molar-refractivity contribution in [3.8, 4) is 10.4 Å². The van der Waals surface area contributed by atoms with Crippen LogP contribution in [0.25, 0.3) is 10.4 Å². The van der Waals surface area contributed by atoms with Crippen molar-refractivity contribution >= 4 is 21.4 Å². The minimum atomic E-state index is -3.58. The van der Waals surface area contributed by atoms with Gasteiger partial charge in [0.25, 0.3) is 0 Å². The summed E-state index contributed by atoms with van der Waals surface area (Å²) in [5.41, 5.74) is 2.28. The number of primary sulfonamides is 1. The summed E-state index contributed by atoms with van der Waals surface area (Å²) in [4.78, 5) is 0.914. The van der Waals surface area contributed by atoms with E-state index in [9.17, 15) is 8.42 Å². The van der Waals surface area contributed by atoms with Crippen LogP contribution in [0.2, 0.25) is 0 Å². The molecule has 0 bridgehead atoms. The first-order chi connectivity index (χ1) is 8.00. The molecule has 0 amide bonds. The first-order valence-electron chi connectivity index (χ1n) is 5.22. The molecule has 2 N–H and O–H groups in total. The molecular formula is C12H13NO2S2. The Labute approximate surface area is 105 Å². The van der Waals surface area contributed by atoms with E-state index in [0.29, 0.717) is 0 Å². The Hall–Kier alpha value is -1.17. The number of benzene rings is 1. The summed E-state index contributed by atoms with van der Waals surface area (Å²) in [6.45, 7) is 2.10. The number of thiophene rings is 1. The van der Waals surface area contributed by atoms with Crippen molar-refractivity contribution in [3.63, 3.8) is 0 Å². The molecule has 90 valence electrons. The van der Waals surface area contributed by atoms with Crippen LogP contribution < -0.4 is 5.14 Å². The zero-order chi connectivity index (χ0) is 12.5. The van der Waals surface area contributed by atoms with Crippen LogP contribution in [0.4, 0.5) is 0 Å². The van der Waals surface area contributed by atoms with Crippen molar-refractivity contribution in [3.05, 3.63) is 42.0 Å². The number of hydrogen-bond acceptors (Lipinski definition) is 3. The molecule has 17 heavy (non-hydrogen) atoms. The quantitative estimate of drug-likeness (QED) is 0.929. The van der Waals surface area contributed by atoms with Crippen molar-refractivity contribution in [2.75, 3.05) is 0 Å². The monoisotopic (exact) mass is 267 g/mol. The van der Waals surface area contributed by atoms with E-state index in [1.807, 2.05) is 24.3 Å². The minimum Gasteiger partial charge on any atom is -0.224 e. The highest BCUT2D eigenvalue weighted by molar-refractivity contribution is 7.91. The maximum atomic E-state index is 11.2. The van der Waals surface area contributed by atoms with E-state index in [0.717, 1.165) is 16.9 Å². The van der Waals surface area contributed by atoms with Gasteiger partial charge in [-0.25, -0.2) is 13.6 Å². The second kappa shape index (κ2) is 4.60. The molecule has 0 aliphatic heterocycles. The van der Waals surface area contributed by atoms with Crippen LogP contribution in [0, 0.1) is 0 Å². The fraction of sp³-hybridized carbons (Fsp3) is 0.167. The summed E-state index contributed by atoms with van der Waals surface area (Å²) in [6, 6.07) is 11.4. The van der Waals surface area contributed by atoms with Gasteiger partial charge in [0.1, 0.15) is 4.21 Å². The van der Waals surface area contributed by atoms with Crippen molar-refractivity contribution < 1.29 is 8.42 Å². The lowest BCUT2D eigenvalue weighted by Crippen LogP contribution is -2.09. The average Bonchev–Trinajstić information content (AvgIpc) is 2.78. The molecule has 0 saturated carbocycles. The molecule has 0 spiro atoms. The van der Waals surface area contributed by atoms with Crippen LogP contribution in [0.5, 0.6) is 0 Å². The zero-order valence-corrected chi connectivity index (χ0v) is 11.0. The third-order valence-corrected chi connectivity index (χ3v) is 5.08. The minimum absolute atomic E-state index is 0.201. The van der Waals surface area contributed by atoms with Crippen molar-refractivity contribution in [1.82, 2.24) is 0 Å². The fourth-order valence-electron chi connectivity index (χ4n) is 1.53. The lowest BCUT2D eigenvalue weighted by Gasteiger charge is -1.99. The largest absolute Gasteiger partial charge is 0.247 e.